The molecule has 2 aromatic rings. The summed E-state index contributed by atoms with van der Waals surface area (Å²) in [5, 5.41) is 1.34. The van der Waals surface area contributed by atoms with Crippen LogP contribution in [0.5, 0.6) is 0 Å². The van der Waals surface area contributed by atoms with Gasteiger partial charge < -0.3 is 0 Å². The summed E-state index contributed by atoms with van der Waals surface area (Å²) in [5.41, 5.74) is 1.48. The van der Waals surface area contributed by atoms with Gasteiger partial charge in [-0.2, -0.15) is 8.78 Å². The molecule has 7 heteroatoms. The zero-order chi connectivity index (χ0) is 13.9. The lowest BCUT2D eigenvalue weighted by molar-refractivity contribution is 0.104. The molecule has 102 valence electrons. The maximum Gasteiger partial charge on any atom is 0.301 e. The monoisotopic (exact) mass is 366 g/mol. The smallest absolute Gasteiger partial charge is 0.252 e. The van der Waals surface area contributed by atoms with E-state index in [2.05, 4.69) is 25.9 Å². The van der Waals surface area contributed by atoms with Gasteiger partial charge in [-0.05, 0) is 46.3 Å². The van der Waals surface area contributed by atoms with Gasteiger partial charge in [-0.15, -0.1) is 11.8 Å². The molecule has 0 fully saturated rings. The summed E-state index contributed by atoms with van der Waals surface area (Å²) in [6, 6.07) is 5.28. The van der Waals surface area contributed by atoms with Crippen molar-refractivity contribution in [1.82, 2.24) is 9.97 Å². The van der Waals surface area contributed by atoms with Crippen molar-refractivity contribution in [3.63, 3.8) is 0 Å². The molecule has 0 atom stereocenters. The predicted molar refractivity (Wildman–Crippen MR) is 78.4 cm³/mol. The average molecular weight is 368 g/mol. The molecule has 0 saturated heterocycles. The molecule has 2 nitrogen and oxygen atoms in total. The predicted octanol–water partition coefficient (Wildman–Crippen LogP) is 5.14. The topological polar surface area (TPSA) is 25.8 Å². The number of hydrogen-bond acceptors (Lipinski definition) is 3. The van der Waals surface area contributed by atoms with Crippen LogP contribution < -0.4 is 0 Å². The van der Waals surface area contributed by atoms with Gasteiger partial charge in [0, 0.05) is 11.4 Å². The van der Waals surface area contributed by atoms with Gasteiger partial charge in [0.1, 0.15) is 5.03 Å². The zero-order valence-corrected chi connectivity index (χ0v) is 12.9. The third kappa shape index (κ3) is 4.85. The van der Waals surface area contributed by atoms with E-state index >= 15 is 0 Å². The van der Waals surface area contributed by atoms with Crippen molar-refractivity contribution in [1.29, 1.82) is 0 Å². The largest absolute Gasteiger partial charge is 0.301 e. The SMILES string of the molecule is FC(F)(Br)CCCSc1cnc2cc(Cl)ccc2n1. The first-order valence-corrected chi connectivity index (χ1v) is 7.71. The van der Waals surface area contributed by atoms with Gasteiger partial charge in [-0.25, -0.2) is 4.98 Å². The molecule has 0 amide bonds. The normalized spacial score (nSPS) is 12.0. The maximum absolute atomic E-state index is 12.6. The Bertz CT molecular complexity index is 577. The Labute approximate surface area is 127 Å². The molecule has 1 aromatic heterocycles. The van der Waals surface area contributed by atoms with Crippen molar-refractivity contribution < 1.29 is 8.78 Å². The molecule has 0 saturated carbocycles. The molecule has 0 aliphatic carbocycles. The Kier molecular flexibility index (Phi) is 4.97. The van der Waals surface area contributed by atoms with E-state index in [0.29, 0.717) is 17.2 Å². The second kappa shape index (κ2) is 6.33. The highest BCUT2D eigenvalue weighted by atomic mass is 79.9. The highest BCUT2D eigenvalue weighted by molar-refractivity contribution is 9.09. The quantitative estimate of drug-likeness (QED) is 0.415. The lowest BCUT2D eigenvalue weighted by atomic mass is 10.3. The fourth-order valence-electron chi connectivity index (χ4n) is 1.49. The Hall–Kier alpha value is -0.460. The molecule has 0 N–H and O–H groups in total. The van der Waals surface area contributed by atoms with E-state index < -0.39 is 4.83 Å². The molecule has 0 spiro atoms. The summed E-state index contributed by atoms with van der Waals surface area (Å²) in [5.74, 6) is 0.578. The van der Waals surface area contributed by atoms with Crippen LogP contribution in [0.25, 0.3) is 11.0 Å². The fraction of sp³-hybridized carbons (Fsp3) is 0.333. The van der Waals surface area contributed by atoms with Crippen molar-refractivity contribution in [2.24, 2.45) is 0 Å². The van der Waals surface area contributed by atoms with E-state index in [-0.39, 0.29) is 6.42 Å². The second-order valence-corrected chi connectivity index (χ2v) is 6.62. The summed E-state index contributed by atoms with van der Waals surface area (Å²) in [4.78, 5) is 5.86. The maximum atomic E-state index is 12.6. The Morgan fingerprint density at radius 1 is 1.32 bits per heavy atom. The molecule has 1 aromatic carbocycles. The number of rotatable bonds is 5. The van der Waals surface area contributed by atoms with Crippen LogP contribution in [0, 0.1) is 0 Å². The molecule has 2 rings (SSSR count). The standard InChI is InChI=1S/C12H10BrClF2N2S/c13-12(15,16)4-1-5-19-11-7-17-10-6-8(14)2-3-9(10)18-11/h2-3,6-7H,1,4-5H2. The molecule has 0 aliphatic heterocycles. The molecular weight excluding hydrogens is 358 g/mol. The summed E-state index contributed by atoms with van der Waals surface area (Å²) in [6.07, 6.45) is 1.86. The van der Waals surface area contributed by atoms with E-state index in [1.165, 1.54) is 11.8 Å². The molecule has 1 heterocycles. The Morgan fingerprint density at radius 2 is 2.11 bits per heavy atom. The van der Waals surface area contributed by atoms with Gasteiger partial charge in [-0.1, -0.05) is 11.6 Å². The van der Waals surface area contributed by atoms with Crippen LogP contribution >= 0.6 is 39.3 Å². The fourth-order valence-corrected chi connectivity index (χ4v) is 2.72. The highest BCUT2D eigenvalue weighted by Crippen LogP contribution is 2.29. The van der Waals surface area contributed by atoms with E-state index in [9.17, 15) is 8.78 Å². The van der Waals surface area contributed by atoms with Crippen LogP contribution in [0.1, 0.15) is 12.8 Å². The average Bonchev–Trinajstić information content (AvgIpc) is 2.33. The van der Waals surface area contributed by atoms with E-state index in [1.807, 2.05) is 0 Å². The van der Waals surface area contributed by atoms with Gasteiger partial charge in [0.05, 0.1) is 17.2 Å². The molecule has 0 radical (unpaired) electrons. The summed E-state index contributed by atoms with van der Waals surface area (Å²) >= 11 is 9.60. The number of hydrogen-bond donors (Lipinski definition) is 0. The first-order valence-electron chi connectivity index (χ1n) is 5.56. The molecule has 19 heavy (non-hydrogen) atoms. The van der Waals surface area contributed by atoms with Crippen molar-refractivity contribution in [2.45, 2.75) is 22.7 Å². The number of thioether (sulfide) groups is 1. The van der Waals surface area contributed by atoms with Crippen LogP contribution in [0.4, 0.5) is 8.78 Å². The van der Waals surface area contributed by atoms with Crippen molar-refractivity contribution in [3.8, 4) is 0 Å². The van der Waals surface area contributed by atoms with Crippen molar-refractivity contribution in [3.05, 3.63) is 29.4 Å². The van der Waals surface area contributed by atoms with E-state index in [1.54, 1.807) is 24.4 Å². The van der Waals surface area contributed by atoms with Gasteiger partial charge in [0.2, 0.25) is 0 Å². The molecule has 0 bridgehead atoms. The minimum absolute atomic E-state index is 0.184. The van der Waals surface area contributed by atoms with Crippen molar-refractivity contribution in [2.75, 3.05) is 5.75 Å². The third-order valence-corrected chi connectivity index (χ3v) is 3.95. The highest BCUT2D eigenvalue weighted by Gasteiger charge is 2.22. The number of alkyl halides is 3. The molecule has 0 aliphatic rings. The van der Waals surface area contributed by atoms with E-state index in [4.69, 9.17) is 11.6 Å². The van der Waals surface area contributed by atoms with Crippen LogP contribution in [-0.4, -0.2) is 20.6 Å². The minimum atomic E-state index is -2.78. The minimum Gasteiger partial charge on any atom is -0.252 e. The van der Waals surface area contributed by atoms with Gasteiger partial charge >= 0.3 is 4.83 Å². The summed E-state index contributed by atoms with van der Waals surface area (Å²) in [7, 11) is 0. The number of nitrogens with zero attached hydrogens (tertiary/aromatic N) is 2. The lowest BCUT2D eigenvalue weighted by Crippen LogP contribution is -2.04. The first kappa shape index (κ1) is 14.9. The summed E-state index contributed by atoms with van der Waals surface area (Å²) in [6.45, 7) is 0. The summed E-state index contributed by atoms with van der Waals surface area (Å²) < 4.78 is 25.1. The zero-order valence-electron chi connectivity index (χ0n) is 9.75. The van der Waals surface area contributed by atoms with E-state index in [0.717, 1.165) is 16.1 Å². The number of benzene rings is 1. The van der Waals surface area contributed by atoms with Crippen LogP contribution in [-0.2, 0) is 0 Å². The third-order valence-electron chi connectivity index (χ3n) is 2.34. The Morgan fingerprint density at radius 3 is 2.84 bits per heavy atom. The van der Waals surface area contributed by atoms with Gasteiger partial charge in [0.15, 0.2) is 0 Å². The number of aromatic nitrogens is 2. The molecular formula is C12H10BrClF2N2S. The number of halogens is 4. The van der Waals surface area contributed by atoms with Gasteiger partial charge in [-0.3, -0.25) is 4.98 Å². The number of fused-ring (bicyclic) bond motifs is 1. The van der Waals surface area contributed by atoms with Crippen LogP contribution in [0.3, 0.4) is 0 Å². The van der Waals surface area contributed by atoms with Crippen molar-refractivity contribution >= 4 is 50.3 Å². The first-order chi connectivity index (χ1) is 8.94. The van der Waals surface area contributed by atoms with Crippen LogP contribution in [0.15, 0.2) is 29.4 Å². The lowest BCUT2D eigenvalue weighted by Gasteiger charge is -2.07. The molecule has 0 unspecified atom stereocenters. The van der Waals surface area contributed by atoms with Gasteiger partial charge in [0.25, 0.3) is 0 Å². The Balaban J connectivity index is 1.96. The second-order valence-electron chi connectivity index (χ2n) is 3.91. The van der Waals surface area contributed by atoms with Crippen LogP contribution in [0.2, 0.25) is 5.02 Å².